The van der Waals surface area contributed by atoms with Gasteiger partial charge in [-0.05, 0) is 90.1 Å². The highest BCUT2D eigenvalue weighted by atomic mass is 35.5. The van der Waals surface area contributed by atoms with Crippen LogP contribution in [0, 0.1) is 13.8 Å². The van der Waals surface area contributed by atoms with E-state index in [0.29, 0.717) is 28.2 Å². The zero-order chi connectivity index (χ0) is 46.8. The van der Waals surface area contributed by atoms with Gasteiger partial charge in [-0.25, -0.2) is 19.9 Å². The third-order valence-corrected chi connectivity index (χ3v) is 12.5. The Morgan fingerprint density at radius 2 is 1.09 bits per heavy atom. The number of aryl methyl sites for hydroxylation is 2. The van der Waals surface area contributed by atoms with Crippen molar-refractivity contribution in [3.05, 3.63) is 120 Å². The Morgan fingerprint density at radius 1 is 0.612 bits per heavy atom. The quantitative estimate of drug-likeness (QED) is 0.152. The summed E-state index contributed by atoms with van der Waals surface area (Å²) < 4.78 is 46.5. The first-order chi connectivity index (χ1) is 32.1. The number of ether oxygens (including phenoxy) is 7. The number of aromatic nitrogens is 8. The molecule has 8 atom stereocenters. The molecule has 4 fully saturated rings. The lowest BCUT2D eigenvalue weighted by atomic mass is 10.1. The van der Waals surface area contributed by atoms with E-state index in [-0.39, 0.29) is 42.9 Å². The van der Waals surface area contributed by atoms with Crippen molar-refractivity contribution in [2.24, 2.45) is 0 Å². The van der Waals surface area contributed by atoms with Crippen LogP contribution in [0.2, 0.25) is 10.3 Å². The first kappa shape index (κ1) is 45.2. The normalized spacial score (nSPS) is 25.7. The number of rotatable bonds is 6. The first-order valence-electron chi connectivity index (χ1n) is 21.8. The molecule has 0 aliphatic carbocycles. The van der Waals surface area contributed by atoms with Gasteiger partial charge in [0.15, 0.2) is 24.0 Å². The number of pyridine rings is 2. The third kappa shape index (κ3) is 8.99. The van der Waals surface area contributed by atoms with Crippen LogP contribution in [0.4, 0.5) is 0 Å². The molecule has 0 amide bonds. The fourth-order valence-corrected chi connectivity index (χ4v) is 9.39. The molecule has 348 valence electrons. The summed E-state index contributed by atoms with van der Waals surface area (Å²) in [5.41, 5.74) is 5.02. The SMILES string of the molecule is CC1(C)O[C@@H]2[C@H](O1)[C@@H](CO)O[C@H]2n1ccc2c(Cl)ncnc21.Cc1ccc2ccc(O)cc2n1.Cc1ccc2ccc(OC[C@H]3O[C@@H](n4ccc5c(Cl)ncnc54)[C@@H]4OC(C)(C)O[C@@H]43)cc2n1. The summed E-state index contributed by atoms with van der Waals surface area (Å²) in [4.78, 5) is 25.6. The van der Waals surface area contributed by atoms with Crippen LogP contribution in [-0.4, -0.2) is 111 Å². The summed E-state index contributed by atoms with van der Waals surface area (Å²) in [6.07, 6.45) is 3.68. The molecule has 17 nitrogen and oxygen atoms in total. The van der Waals surface area contributed by atoms with Crippen LogP contribution in [0.5, 0.6) is 11.5 Å². The van der Waals surface area contributed by atoms with Crippen molar-refractivity contribution in [2.45, 2.75) is 102 Å². The van der Waals surface area contributed by atoms with Crippen LogP contribution in [0.1, 0.15) is 51.5 Å². The van der Waals surface area contributed by atoms with E-state index in [4.69, 9.17) is 56.4 Å². The first-order valence-corrected chi connectivity index (χ1v) is 22.5. The fraction of sp³-hybridized carbons (Fsp3) is 0.375. The summed E-state index contributed by atoms with van der Waals surface area (Å²) >= 11 is 12.3. The van der Waals surface area contributed by atoms with Gasteiger partial charge >= 0.3 is 0 Å². The monoisotopic (exact) mass is 950 g/mol. The highest BCUT2D eigenvalue weighted by Crippen LogP contribution is 2.46. The standard InChI is InChI=1S/C24H23ClN4O4.C14H16ClN3O4.C10H9NO/c1-13-4-5-14-6-7-15(10-17(14)28-13)30-11-18-19-20(33-24(2,3)32-19)23(31-18)29-9-8-16-21(25)26-12-27-22(16)29;1-14(2)21-9-8(5-19)20-13(10(9)22-14)18-4-3-7-11(15)16-6-17-12(7)18;1-7-2-3-8-4-5-9(12)6-10(8)11-7/h4-10,12,18-20,23H,11H2,1-3H3;3-4,6,8-10,13,19H,5H2,1-2H3;2-6,12H,1H3/t18-,19-,20-,23-;8-,9-,10-,13-;/m11./s1. The Bertz CT molecular complexity index is 3080. The topological polar surface area (TPSA) is 192 Å². The predicted octanol–water partition coefficient (Wildman–Crippen LogP) is 8.18. The summed E-state index contributed by atoms with van der Waals surface area (Å²) in [6, 6.07) is 22.8. The van der Waals surface area contributed by atoms with Crippen LogP contribution in [0.3, 0.4) is 0 Å². The Kier molecular flexibility index (Phi) is 12.0. The number of halogens is 2. The van der Waals surface area contributed by atoms with Crippen molar-refractivity contribution in [3.8, 4) is 11.5 Å². The average Bonchev–Trinajstić information content (AvgIpc) is 4.15. The van der Waals surface area contributed by atoms with Gasteiger partial charge in [0, 0.05) is 46.7 Å². The maximum Gasteiger partial charge on any atom is 0.164 e. The maximum absolute atomic E-state index is 9.54. The summed E-state index contributed by atoms with van der Waals surface area (Å²) in [7, 11) is 0. The molecule has 2 N–H and O–H groups in total. The smallest absolute Gasteiger partial charge is 0.164 e. The lowest BCUT2D eigenvalue weighted by Gasteiger charge is -2.25. The largest absolute Gasteiger partial charge is 0.508 e. The number of phenols is 1. The fourth-order valence-electron chi connectivity index (χ4n) is 9.01. The van der Waals surface area contributed by atoms with Gasteiger partial charge < -0.3 is 52.5 Å². The van der Waals surface area contributed by atoms with E-state index in [0.717, 1.165) is 49.7 Å². The van der Waals surface area contributed by atoms with Crippen molar-refractivity contribution in [1.29, 1.82) is 0 Å². The van der Waals surface area contributed by atoms with Crippen LogP contribution >= 0.6 is 23.2 Å². The van der Waals surface area contributed by atoms with Crippen LogP contribution in [-0.2, 0) is 28.4 Å². The van der Waals surface area contributed by atoms with E-state index in [2.05, 4.69) is 36.0 Å². The Labute approximate surface area is 394 Å². The molecule has 67 heavy (non-hydrogen) atoms. The molecule has 8 aromatic rings. The molecule has 19 heteroatoms. The van der Waals surface area contributed by atoms with Crippen LogP contribution < -0.4 is 4.74 Å². The van der Waals surface area contributed by atoms with Gasteiger partial charge in [-0.3, -0.25) is 9.97 Å². The van der Waals surface area contributed by atoms with E-state index >= 15 is 0 Å². The Balaban J connectivity index is 0.000000132. The van der Waals surface area contributed by atoms with Crippen molar-refractivity contribution in [2.75, 3.05) is 13.2 Å². The second-order valence-electron chi connectivity index (χ2n) is 17.6. The molecule has 4 aliphatic rings. The summed E-state index contributed by atoms with van der Waals surface area (Å²) in [5, 5.41) is 23.1. The van der Waals surface area contributed by atoms with Gasteiger partial charge in [0.25, 0.3) is 0 Å². The third-order valence-electron chi connectivity index (χ3n) is 11.9. The summed E-state index contributed by atoms with van der Waals surface area (Å²) in [6.45, 7) is 11.6. The predicted molar refractivity (Wildman–Crippen MR) is 248 cm³/mol. The molecular weight excluding hydrogens is 903 g/mol. The second kappa shape index (κ2) is 17.8. The van der Waals surface area contributed by atoms with Crippen LogP contribution in [0.15, 0.2) is 97.8 Å². The van der Waals surface area contributed by atoms with Crippen molar-refractivity contribution in [1.82, 2.24) is 39.0 Å². The Hall–Kier alpha value is -5.60. The molecule has 0 bridgehead atoms. The maximum atomic E-state index is 9.54. The molecule has 0 saturated carbocycles. The van der Waals surface area contributed by atoms with Crippen molar-refractivity contribution >= 4 is 67.1 Å². The molecule has 6 aromatic heterocycles. The molecule has 12 rings (SSSR count). The molecule has 2 aromatic carbocycles. The lowest BCUT2D eigenvalue weighted by Crippen LogP contribution is -2.33. The van der Waals surface area contributed by atoms with E-state index in [1.807, 2.05) is 118 Å². The highest BCUT2D eigenvalue weighted by Gasteiger charge is 2.57. The molecule has 4 saturated heterocycles. The van der Waals surface area contributed by atoms with E-state index in [1.54, 1.807) is 12.1 Å². The Morgan fingerprint density at radius 3 is 1.64 bits per heavy atom. The number of hydrogen-bond acceptors (Lipinski definition) is 15. The number of nitrogens with zero attached hydrogens (tertiary/aromatic N) is 8. The number of aromatic hydroxyl groups is 1. The molecule has 4 aliphatic heterocycles. The second-order valence-corrected chi connectivity index (χ2v) is 18.4. The summed E-state index contributed by atoms with van der Waals surface area (Å²) in [5.74, 6) is -0.440. The van der Waals surface area contributed by atoms with E-state index in [9.17, 15) is 10.2 Å². The minimum Gasteiger partial charge on any atom is -0.508 e. The zero-order valence-corrected chi connectivity index (χ0v) is 38.9. The highest BCUT2D eigenvalue weighted by molar-refractivity contribution is 6.34. The van der Waals surface area contributed by atoms with E-state index < -0.39 is 30.1 Å². The molecular formula is C48H48Cl2N8O9. The van der Waals surface area contributed by atoms with Gasteiger partial charge in [-0.2, -0.15) is 0 Å². The van der Waals surface area contributed by atoms with Gasteiger partial charge in [-0.1, -0.05) is 35.3 Å². The minimum absolute atomic E-state index is 0.133. The number of aliphatic hydroxyl groups is 1. The lowest BCUT2D eigenvalue weighted by molar-refractivity contribution is -0.199. The molecule has 0 spiro atoms. The van der Waals surface area contributed by atoms with Crippen LogP contribution in [0.25, 0.3) is 43.9 Å². The molecule has 0 radical (unpaired) electrons. The van der Waals surface area contributed by atoms with Crippen molar-refractivity contribution < 1.29 is 43.4 Å². The van der Waals surface area contributed by atoms with Gasteiger partial charge in [0.2, 0.25) is 0 Å². The molecule has 10 heterocycles. The number of phenolic OH excluding ortho intramolecular Hbond substituents is 1. The van der Waals surface area contributed by atoms with Gasteiger partial charge in [-0.15, -0.1) is 0 Å². The molecule has 0 unspecified atom stereocenters. The number of benzene rings is 2. The van der Waals surface area contributed by atoms with E-state index in [1.165, 1.54) is 12.7 Å². The zero-order valence-electron chi connectivity index (χ0n) is 37.4. The van der Waals surface area contributed by atoms with Gasteiger partial charge in [0.1, 0.15) is 89.0 Å². The average molecular weight is 952 g/mol. The van der Waals surface area contributed by atoms with Crippen molar-refractivity contribution in [3.63, 3.8) is 0 Å². The minimum atomic E-state index is -0.727. The number of fused-ring (bicyclic) bond motifs is 6. The number of hydrogen-bond donors (Lipinski definition) is 2. The number of aliphatic hydroxyl groups excluding tert-OH is 1. The van der Waals surface area contributed by atoms with Gasteiger partial charge in [0.05, 0.1) is 28.4 Å².